The summed E-state index contributed by atoms with van der Waals surface area (Å²) in [4.78, 5) is 20.1. The van der Waals surface area contributed by atoms with Crippen molar-refractivity contribution in [2.45, 2.75) is 52.4 Å². The normalized spacial score (nSPS) is 13.4. The number of hydrogen-bond donors (Lipinski definition) is 2. The van der Waals surface area contributed by atoms with Gasteiger partial charge in [-0.3, -0.25) is 4.79 Å². The van der Waals surface area contributed by atoms with Crippen LogP contribution in [0.15, 0.2) is 0 Å². The fourth-order valence-corrected chi connectivity index (χ4v) is 0.642. The Bertz CT molecular complexity index is 308. The topological polar surface area (TPSA) is 89.6 Å². The number of aliphatic carboxylic acids is 1. The average Bonchev–Trinajstić information content (AvgIpc) is 2.12. The van der Waals surface area contributed by atoms with Gasteiger partial charge in [0, 0.05) is 0 Å². The minimum atomic E-state index is -5.08. The molecule has 0 aliphatic carbocycles. The summed E-state index contributed by atoms with van der Waals surface area (Å²) in [6.45, 7) is 9.29. The smallest absolute Gasteiger partial charge is 0.475 e. The number of ether oxygens (including phenoxy) is 1. The van der Waals surface area contributed by atoms with Gasteiger partial charge in [0.25, 0.3) is 0 Å². The third-order valence-electron chi connectivity index (χ3n) is 1.64. The molecule has 0 aromatic carbocycles. The molecular weight excluding hydrogens is 267 g/mol. The van der Waals surface area contributed by atoms with E-state index in [9.17, 15) is 18.0 Å². The molecule has 0 rings (SSSR count). The zero-order valence-electron chi connectivity index (χ0n) is 11.5. The quantitative estimate of drug-likeness (QED) is 0.758. The summed E-state index contributed by atoms with van der Waals surface area (Å²) in [5, 5.41) is 7.12. The number of rotatable bonds is 2. The molecule has 0 aromatic rings. The van der Waals surface area contributed by atoms with Gasteiger partial charge in [0.15, 0.2) is 0 Å². The number of carbonyl (C=O) groups excluding carboxylic acids is 1. The Hall–Kier alpha value is -1.31. The van der Waals surface area contributed by atoms with Crippen LogP contribution in [0.4, 0.5) is 13.2 Å². The van der Waals surface area contributed by atoms with Crippen LogP contribution in [0.1, 0.15) is 34.6 Å². The van der Waals surface area contributed by atoms with E-state index >= 15 is 0 Å². The predicted octanol–water partition coefficient (Wildman–Crippen LogP) is 1.94. The number of halogens is 3. The zero-order valence-corrected chi connectivity index (χ0v) is 11.5. The molecule has 3 N–H and O–H groups in total. The Morgan fingerprint density at radius 1 is 1.16 bits per heavy atom. The summed E-state index contributed by atoms with van der Waals surface area (Å²) in [7, 11) is 0. The fourth-order valence-electron chi connectivity index (χ4n) is 0.642. The Kier molecular flexibility index (Phi) is 7.71. The van der Waals surface area contributed by atoms with E-state index in [1.807, 2.05) is 34.6 Å². The molecule has 1 unspecified atom stereocenters. The standard InChI is InChI=1S/C9H19NO2.C2HF3O2/c1-6(2)7(10)8(11)12-9(3,4)5;3-2(4,5)1(6)7/h6-7H,10H2,1-5H3;(H,6,7). The van der Waals surface area contributed by atoms with Crippen molar-refractivity contribution < 1.29 is 32.6 Å². The van der Waals surface area contributed by atoms with Gasteiger partial charge in [0.2, 0.25) is 0 Å². The summed E-state index contributed by atoms with van der Waals surface area (Å²) >= 11 is 0. The molecule has 0 saturated heterocycles. The summed E-state index contributed by atoms with van der Waals surface area (Å²) < 4.78 is 36.8. The number of nitrogens with two attached hydrogens (primary N) is 1. The van der Waals surface area contributed by atoms with Crippen LogP contribution < -0.4 is 5.73 Å². The van der Waals surface area contributed by atoms with E-state index in [4.69, 9.17) is 20.4 Å². The second kappa shape index (κ2) is 7.32. The molecule has 114 valence electrons. The summed E-state index contributed by atoms with van der Waals surface area (Å²) in [5.41, 5.74) is 5.15. The van der Waals surface area contributed by atoms with Crippen molar-refractivity contribution in [3.8, 4) is 0 Å². The third kappa shape index (κ3) is 11.5. The predicted molar refractivity (Wildman–Crippen MR) is 62.3 cm³/mol. The highest BCUT2D eigenvalue weighted by molar-refractivity contribution is 5.76. The molecule has 8 heteroatoms. The molecule has 0 spiro atoms. The van der Waals surface area contributed by atoms with Crippen LogP contribution in [0.2, 0.25) is 0 Å². The van der Waals surface area contributed by atoms with Crippen molar-refractivity contribution in [1.29, 1.82) is 0 Å². The van der Waals surface area contributed by atoms with Crippen molar-refractivity contribution >= 4 is 11.9 Å². The van der Waals surface area contributed by atoms with E-state index in [1.54, 1.807) is 0 Å². The molecule has 0 heterocycles. The van der Waals surface area contributed by atoms with Crippen LogP contribution >= 0.6 is 0 Å². The molecule has 0 saturated carbocycles. The minimum absolute atomic E-state index is 0.125. The van der Waals surface area contributed by atoms with Gasteiger partial charge >= 0.3 is 18.1 Å². The van der Waals surface area contributed by atoms with Gasteiger partial charge in [-0.2, -0.15) is 13.2 Å². The summed E-state index contributed by atoms with van der Waals surface area (Å²) in [5.74, 6) is -2.95. The van der Waals surface area contributed by atoms with Crippen molar-refractivity contribution in [2.75, 3.05) is 0 Å². The van der Waals surface area contributed by atoms with Gasteiger partial charge in [0.05, 0.1) is 0 Å². The summed E-state index contributed by atoms with van der Waals surface area (Å²) in [6, 6.07) is -0.510. The lowest BCUT2D eigenvalue weighted by atomic mass is 10.1. The largest absolute Gasteiger partial charge is 0.490 e. The van der Waals surface area contributed by atoms with Crippen molar-refractivity contribution in [3.05, 3.63) is 0 Å². The first-order valence-corrected chi connectivity index (χ1v) is 5.47. The molecule has 0 aliphatic rings. The van der Waals surface area contributed by atoms with Crippen LogP contribution in [0, 0.1) is 5.92 Å². The highest BCUT2D eigenvalue weighted by Gasteiger charge is 2.38. The molecule has 0 fully saturated rings. The molecule has 0 aliphatic heterocycles. The lowest BCUT2D eigenvalue weighted by Gasteiger charge is -2.23. The first-order chi connectivity index (χ1) is 8.18. The van der Waals surface area contributed by atoms with Crippen LogP contribution in [0.3, 0.4) is 0 Å². The number of alkyl halides is 3. The van der Waals surface area contributed by atoms with Crippen LogP contribution in [0.25, 0.3) is 0 Å². The van der Waals surface area contributed by atoms with Crippen molar-refractivity contribution in [2.24, 2.45) is 11.7 Å². The Morgan fingerprint density at radius 3 is 1.63 bits per heavy atom. The second-order valence-corrected chi connectivity index (χ2v) is 5.11. The van der Waals surface area contributed by atoms with Gasteiger partial charge in [-0.25, -0.2) is 4.79 Å². The number of carbonyl (C=O) groups is 2. The highest BCUT2D eigenvalue weighted by Crippen LogP contribution is 2.13. The fraction of sp³-hybridized carbons (Fsp3) is 0.818. The van der Waals surface area contributed by atoms with Crippen LogP contribution in [-0.2, 0) is 14.3 Å². The first-order valence-electron chi connectivity index (χ1n) is 5.47. The van der Waals surface area contributed by atoms with E-state index < -0.39 is 23.8 Å². The van der Waals surface area contributed by atoms with Gasteiger partial charge in [-0.05, 0) is 26.7 Å². The van der Waals surface area contributed by atoms with Gasteiger partial charge in [-0.15, -0.1) is 0 Å². The minimum Gasteiger partial charge on any atom is -0.475 e. The van der Waals surface area contributed by atoms with Crippen molar-refractivity contribution in [1.82, 2.24) is 0 Å². The van der Waals surface area contributed by atoms with E-state index in [0.717, 1.165) is 0 Å². The Balaban J connectivity index is 0. The van der Waals surface area contributed by atoms with E-state index in [2.05, 4.69) is 0 Å². The zero-order chi connectivity index (χ0) is 16.0. The third-order valence-corrected chi connectivity index (χ3v) is 1.64. The number of carboxylic acids is 1. The monoisotopic (exact) mass is 287 g/mol. The number of carboxylic acid groups (broad SMARTS) is 1. The number of esters is 1. The first kappa shape index (κ1) is 20.0. The number of hydrogen-bond acceptors (Lipinski definition) is 4. The lowest BCUT2D eigenvalue weighted by molar-refractivity contribution is -0.192. The SMILES string of the molecule is CC(C)C(N)C(=O)OC(C)(C)C.O=C(O)C(F)(F)F. The highest BCUT2D eigenvalue weighted by atomic mass is 19.4. The maximum atomic E-state index is 11.3. The molecule has 19 heavy (non-hydrogen) atoms. The van der Waals surface area contributed by atoms with Crippen molar-refractivity contribution in [3.63, 3.8) is 0 Å². The maximum Gasteiger partial charge on any atom is 0.490 e. The lowest BCUT2D eigenvalue weighted by Crippen LogP contribution is -2.40. The van der Waals surface area contributed by atoms with E-state index in [1.165, 1.54) is 0 Å². The molecule has 0 bridgehead atoms. The molecular formula is C11H20F3NO4. The van der Waals surface area contributed by atoms with Crippen LogP contribution in [0.5, 0.6) is 0 Å². The summed E-state index contributed by atoms with van der Waals surface area (Å²) in [6.07, 6.45) is -5.08. The van der Waals surface area contributed by atoms with E-state index in [-0.39, 0.29) is 11.9 Å². The molecule has 0 radical (unpaired) electrons. The van der Waals surface area contributed by atoms with Gasteiger partial charge in [0.1, 0.15) is 11.6 Å². The van der Waals surface area contributed by atoms with Gasteiger partial charge < -0.3 is 15.6 Å². The maximum absolute atomic E-state index is 11.3. The average molecular weight is 287 g/mol. The molecule has 0 aromatic heterocycles. The van der Waals surface area contributed by atoms with E-state index in [0.29, 0.717) is 0 Å². The molecule has 0 amide bonds. The Labute approximate surface area is 109 Å². The Morgan fingerprint density at radius 2 is 1.47 bits per heavy atom. The molecule has 1 atom stereocenters. The van der Waals surface area contributed by atoms with Gasteiger partial charge in [-0.1, -0.05) is 13.8 Å². The second-order valence-electron chi connectivity index (χ2n) is 5.11. The molecule has 5 nitrogen and oxygen atoms in total. The van der Waals surface area contributed by atoms with Crippen LogP contribution in [-0.4, -0.2) is 34.9 Å².